The van der Waals surface area contributed by atoms with Crippen LogP contribution in [0.3, 0.4) is 0 Å². The second-order valence-electron chi connectivity index (χ2n) is 3.04. The summed E-state index contributed by atoms with van der Waals surface area (Å²) in [6.07, 6.45) is 8.18. The molecule has 1 rings (SSSR count). The van der Waals surface area contributed by atoms with Gasteiger partial charge >= 0.3 is 0 Å². The van der Waals surface area contributed by atoms with E-state index in [-0.39, 0.29) is 5.54 Å². The Balaban J connectivity index is 2.50. The van der Waals surface area contributed by atoms with Gasteiger partial charge in [-0.2, -0.15) is 0 Å². The molecule has 1 amide bonds. The summed E-state index contributed by atoms with van der Waals surface area (Å²) in [5.41, 5.74) is 0.0243. The van der Waals surface area contributed by atoms with E-state index in [0.29, 0.717) is 0 Å². The standard InChI is InChI=1S/C8H13NO/c1-8(9-7-10)5-3-2-4-6-8/h2-3,7H,4-6H2,1H3,(H,9,10). The minimum Gasteiger partial charge on any atom is -0.353 e. The minimum atomic E-state index is 0.0243. The van der Waals surface area contributed by atoms with Crippen molar-refractivity contribution in [1.29, 1.82) is 0 Å². The largest absolute Gasteiger partial charge is 0.353 e. The van der Waals surface area contributed by atoms with Crippen LogP contribution >= 0.6 is 0 Å². The lowest BCUT2D eigenvalue weighted by atomic mass is 9.88. The van der Waals surface area contributed by atoms with Gasteiger partial charge in [-0.25, -0.2) is 0 Å². The lowest BCUT2D eigenvalue weighted by Crippen LogP contribution is -2.41. The zero-order chi connectivity index (χ0) is 7.45. The summed E-state index contributed by atoms with van der Waals surface area (Å²) >= 11 is 0. The van der Waals surface area contributed by atoms with Gasteiger partial charge in [-0.3, -0.25) is 4.79 Å². The molecule has 10 heavy (non-hydrogen) atoms. The van der Waals surface area contributed by atoms with Crippen LogP contribution in [0, 0.1) is 0 Å². The summed E-state index contributed by atoms with van der Waals surface area (Å²) in [5.74, 6) is 0. The number of carbonyl (C=O) groups excluding carboxylic acids is 1. The van der Waals surface area contributed by atoms with Crippen LogP contribution in [-0.2, 0) is 4.79 Å². The van der Waals surface area contributed by atoms with Crippen LogP contribution in [0.1, 0.15) is 26.2 Å². The number of amides is 1. The van der Waals surface area contributed by atoms with E-state index in [4.69, 9.17) is 0 Å². The van der Waals surface area contributed by atoms with Crippen LogP contribution in [0.5, 0.6) is 0 Å². The smallest absolute Gasteiger partial charge is 0.207 e. The van der Waals surface area contributed by atoms with Crippen LogP contribution in [0.25, 0.3) is 0 Å². The van der Waals surface area contributed by atoms with Crippen molar-refractivity contribution >= 4 is 6.41 Å². The fraction of sp³-hybridized carbons (Fsp3) is 0.625. The van der Waals surface area contributed by atoms with Crippen LogP contribution in [0.4, 0.5) is 0 Å². The molecule has 56 valence electrons. The highest BCUT2D eigenvalue weighted by molar-refractivity contribution is 5.48. The molecule has 1 aliphatic rings. The number of hydrogen-bond donors (Lipinski definition) is 1. The zero-order valence-corrected chi connectivity index (χ0v) is 6.26. The first-order valence-corrected chi connectivity index (χ1v) is 3.63. The van der Waals surface area contributed by atoms with Gasteiger partial charge in [0.25, 0.3) is 0 Å². The average Bonchev–Trinajstić information content (AvgIpc) is 1.89. The van der Waals surface area contributed by atoms with Gasteiger partial charge in [-0.15, -0.1) is 0 Å². The maximum Gasteiger partial charge on any atom is 0.207 e. The Morgan fingerprint density at radius 1 is 1.60 bits per heavy atom. The van der Waals surface area contributed by atoms with Crippen LogP contribution in [0.2, 0.25) is 0 Å². The van der Waals surface area contributed by atoms with Crippen molar-refractivity contribution in [3.8, 4) is 0 Å². The fourth-order valence-corrected chi connectivity index (χ4v) is 1.24. The van der Waals surface area contributed by atoms with E-state index < -0.39 is 0 Å². The van der Waals surface area contributed by atoms with Crippen molar-refractivity contribution in [2.45, 2.75) is 31.7 Å². The Hall–Kier alpha value is -0.790. The Labute approximate surface area is 61.3 Å². The van der Waals surface area contributed by atoms with Gasteiger partial charge in [0.15, 0.2) is 0 Å². The predicted octanol–water partition coefficient (Wildman–Crippen LogP) is 1.23. The molecule has 0 heterocycles. The lowest BCUT2D eigenvalue weighted by Gasteiger charge is -2.29. The summed E-state index contributed by atoms with van der Waals surface area (Å²) < 4.78 is 0. The van der Waals surface area contributed by atoms with Crippen molar-refractivity contribution in [3.63, 3.8) is 0 Å². The van der Waals surface area contributed by atoms with Crippen molar-refractivity contribution in [3.05, 3.63) is 12.2 Å². The normalized spacial score (nSPS) is 31.7. The fourth-order valence-electron chi connectivity index (χ4n) is 1.24. The zero-order valence-electron chi connectivity index (χ0n) is 6.26. The van der Waals surface area contributed by atoms with E-state index in [1.807, 2.05) is 0 Å². The molecule has 0 aromatic carbocycles. The third-order valence-corrected chi connectivity index (χ3v) is 2.01. The Bertz CT molecular complexity index is 153. The van der Waals surface area contributed by atoms with Crippen LogP contribution in [-0.4, -0.2) is 11.9 Å². The van der Waals surface area contributed by atoms with Gasteiger partial charge in [-0.05, 0) is 26.2 Å². The lowest BCUT2D eigenvalue weighted by molar-refractivity contribution is -0.111. The molecule has 0 fully saturated rings. The Morgan fingerprint density at radius 2 is 2.40 bits per heavy atom. The number of allylic oxidation sites excluding steroid dienone is 1. The van der Waals surface area contributed by atoms with Crippen molar-refractivity contribution < 1.29 is 4.79 Å². The van der Waals surface area contributed by atoms with Gasteiger partial charge in [-0.1, -0.05) is 12.2 Å². The van der Waals surface area contributed by atoms with E-state index in [9.17, 15) is 4.79 Å². The Kier molecular flexibility index (Phi) is 2.10. The third kappa shape index (κ3) is 1.59. The summed E-state index contributed by atoms with van der Waals surface area (Å²) in [7, 11) is 0. The molecule has 0 aliphatic heterocycles. The molecule has 0 bridgehead atoms. The molecule has 0 saturated carbocycles. The maximum absolute atomic E-state index is 10.1. The highest BCUT2D eigenvalue weighted by Gasteiger charge is 2.22. The van der Waals surface area contributed by atoms with Gasteiger partial charge in [0, 0.05) is 5.54 Å². The first-order valence-electron chi connectivity index (χ1n) is 3.63. The number of hydrogen-bond acceptors (Lipinski definition) is 1. The molecule has 0 aromatic rings. The molecule has 1 N–H and O–H groups in total. The molecule has 0 saturated heterocycles. The van der Waals surface area contributed by atoms with E-state index in [2.05, 4.69) is 24.4 Å². The second-order valence-corrected chi connectivity index (χ2v) is 3.04. The first kappa shape index (κ1) is 7.32. The quantitative estimate of drug-likeness (QED) is 0.452. The first-order chi connectivity index (χ1) is 4.77. The second kappa shape index (κ2) is 2.86. The topological polar surface area (TPSA) is 29.1 Å². The number of carbonyl (C=O) groups is 1. The van der Waals surface area contributed by atoms with Crippen LogP contribution < -0.4 is 5.32 Å². The molecular weight excluding hydrogens is 126 g/mol. The molecule has 0 radical (unpaired) electrons. The van der Waals surface area contributed by atoms with Gasteiger partial charge < -0.3 is 5.32 Å². The maximum atomic E-state index is 10.1. The molecule has 2 heteroatoms. The number of nitrogens with one attached hydrogen (secondary N) is 1. The monoisotopic (exact) mass is 139 g/mol. The SMILES string of the molecule is CC1(NC=O)CC=CCC1. The Morgan fingerprint density at radius 3 is 2.90 bits per heavy atom. The summed E-state index contributed by atoms with van der Waals surface area (Å²) in [6.45, 7) is 2.07. The highest BCUT2D eigenvalue weighted by atomic mass is 16.1. The average molecular weight is 139 g/mol. The van der Waals surface area contributed by atoms with Crippen molar-refractivity contribution in [2.24, 2.45) is 0 Å². The molecule has 1 atom stereocenters. The van der Waals surface area contributed by atoms with Gasteiger partial charge in [0.1, 0.15) is 0 Å². The van der Waals surface area contributed by atoms with E-state index in [0.717, 1.165) is 25.7 Å². The molecule has 0 spiro atoms. The summed E-state index contributed by atoms with van der Waals surface area (Å²) in [5, 5.41) is 2.83. The molecule has 1 aliphatic carbocycles. The van der Waals surface area contributed by atoms with Crippen molar-refractivity contribution in [2.75, 3.05) is 0 Å². The van der Waals surface area contributed by atoms with E-state index in [1.54, 1.807) is 0 Å². The van der Waals surface area contributed by atoms with Crippen LogP contribution in [0.15, 0.2) is 12.2 Å². The van der Waals surface area contributed by atoms with Gasteiger partial charge in [0.05, 0.1) is 0 Å². The van der Waals surface area contributed by atoms with Gasteiger partial charge in [0.2, 0.25) is 6.41 Å². The summed E-state index contributed by atoms with van der Waals surface area (Å²) in [6, 6.07) is 0. The highest BCUT2D eigenvalue weighted by Crippen LogP contribution is 2.21. The van der Waals surface area contributed by atoms with Crippen molar-refractivity contribution in [1.82, 2.24) is 5.32 Å². The molecule has 1 unspecified atom stereocenters. The number of rotatable bonds is 2. The van der Waals surface area contributed by atoms with E-state index >= 15 is 0 Å². The molecular formula is C8H13NO. The predicted molar refractivity (Wildman–Crippen MR) is 40.6 cm³/mol. The minimum absolute atomic E-state index is 0.0243. The third-order valence-electron chi connectivity index (χ3n) is 2.01. The molecule has 0 aromatic heterocycles. The summed E-state index contributed by atoms with van der Waals surface area (Å²) in [4.78, 5) is 10.1. The van der Waals surface area contributed by atoms with E-state index in [1.165, 1.54) is 0 Å². The molecule has 2 nitrogen and oxygen atoms in total.